The molecule has 3 aromatic rings. The number of rotatable bonds is 9. The van der Waals surface area contributed by atoms with Gasteiger partial charge in [-0.1, -0.05) is 6.07 Å². The van der Waals surface area contributed by atoms with E-state index in [0.29, 0.717) is 19.2 Å². The van der Waals surface area contributed by atoms with Gasteiger partial charge in [0.05, 0.1) is 5.56 Å². The van der Waals surface area contributed by atoms with Crippen LogP contribution < -0.4 is 10.6 Å². The van der Waals surface area contributed by atoms with E-state index in [9.17, 15) is 26.7 Å². The van der Waals surface area contributed by atoms with Crippen LogP contribution >= 0.6 is 0 Å². The first-order chi connectivity index (χ1) is 16.5. The Balaban J connectivity index is 1.90. The molecule has 0 fully saturated rings. The summed E-state index contributed by atoms with van der Waals surface area (Å²) in [4.78, 5) is 26.5. The Morgan fingerprint density at radius 1 is 1.06 bits per heavy atom. The Hall–Kier alpha value is -3.67. The average molecular weight is 494 g/mol. The van der Waals surface area contributed by atoms with E-state index in [1.54, 1.807) is 0 Å². The Bertz CT molecular complexity index is 1190. The maximum atomic E-state index is 14.0. The molecule has 0 unspecified atom stereocenters. The zero-order valence-corrected chi connectivity index (χ0v) is 19.0. The highest BCUT2D eigenvalue weighted by Crippen LogP contribution is 2.31. The fourth-order valence-corrected chi connectivity index (χ4v) is 3.04. The van der Waals surface area contributed by atoms with Gasteiger partial charge in [-0.3, -0.25) is 9.78 Å². The zero-order valence-electron chi connectivity index (χ0n) is 19.0. The maximum Gasteiger partial charge on any atom is 0.417 e. The second kappa shape index (κ2) is 11.2. The fourth-order valence-electron chi connectivity index (χ4n) is 3.04. The van der Waals surface area contributed by atoms with Gasteiger partial charge in [0, 0.05) is 48.7 Å². The van der Waals surface area contributed by atoms with Gasteiger partial charge in [-0.25, -0.2) is 18.7 Å². The van der Waals surface area contributed by atoms with Crippen LogP contribution in [0, 0.1) is 11.6 Å². The minimum absolute atomic E-state index is 0.0573. The first kappa shape index (κ1) is 25.9. The molecule has 0 atom stereocenters. The van der Waals surface area contributed by atoms with Crippen molar-refractivity contribution in [3.05, 3.63) is 71.2 Å². The third kappa shape index (κ3) is 7.41. The molecular formula is C23H23F5N6O. The zero-order chi connectivity index (χ0) is 25.6. The van der Waals surface area contributed by atoms with E-state index < -0.39 is 29.3 Å². The number of nitrogens with zero attached hydrogens (tertiary/aromatic N) is 4. The quantitative estimate of drug-likeness (QED) is 0.344. The summed E-state index contributed by atoms with van der Waals surface area (Å²) in [6.07, 6.45) is -2.15. The minimum Gasteiger partial charge on any atom is -0.366 e. The van der Waals surface area contributed by atoms with Crippen LogP contribution in [0.1, 0.15) is 28.0 Å². The molecule has 0 aliphatic rings. The third-order valence-corrected chi connectivity index (χ3v) is 4.83. The lowest BCUT2D eigenvalue weighted by Gasteiger charge is -2.13. The number of benzene rings is 1. The summed E-state index contributed by atoms with van der Waals surface area (Å²) in [6, 6.07) is 5.18. The van der Waals surface area contributed by atoms with Crippen molar-refractivity contribution in [2.45, 2.75) is 19.1 Å². The minimum atomic E-state index is -4.63. The van der Waals surface area contributed by atoms with Gasteiger partial charge < -0.3 is 15.5 Å². The van der Waals surface area contributed by atoms with Crippen molar-refractivity contribution in [1.29, 1.82) is 0 Å². The molecule has 3 rings (SSSR count). The lowest BCUT2D eigenvalue weighted by Crippen LogP contribution is -2.28. The second-order valence-corrected chi connectivity index (χ2v) is 7.92. The van der Waals surface area contributed by atoms with Crippen LogP contribution in [-0.2, 0) is 12.7 Å². The van der Waals surface area contributed by atoms with Crippen LogP contribution in [0.2, 0.25) is 0 Å². The van der Waals surface area contributed by atoms with E-state index in [2.05, 4.69) is 25.6 Å². The van der Waals surface area contributed by atoms with Crippen molar-refractivity contribution in [2.24, 2.45) is 0 Å². The highest BCUT2D eigenvalue weighted by Gasteiger charge is 2.31. The normalized spacial score (nSPS) is 11.5. The van der Waals surface area contributed by atoms with Gasteiger partial charge >= 0.3 is 6.18 Å². The van der Waals surface area contributed by atoms with Crippen molar-refractivity contribution in [3.8, 4) is 11.4 Å². The summed E-state index contributed by atoms with van der Waals surface area (Å²) < 4.78 is 66.6. The standard InChI is InChI=1S/C23H23F5N6O/c1-34(2)7-3-6-30-22(35)19-10-20(31-12-14-4-5-17(24)9-18(14)25)33-21(32-19)15-8-16(13-29-11-15)23(26,27)28/h4-5,8-11,13H,3,6-7,12H2,1-2H3,(H,30,35)(H,31,32,33). The summed E-state index contributed by atoms with van der Waals surface area (Å²) in [6.45, 7) is 0.972. The van der Waals surface area contributed by atoms with Gasteiger partial charge in [-0.05, 0) is 39.2 Å². The van der Waals surface area contributed by atoms with Crippen molar-refractivity contribution in [2.75, 3.05) is 32.5 Å². The van der Waals surface area contributed by atoms with Crippen molar-refractivity contribution >= 4 is 11.7 Å². The van der Waals surface area contributed by atoms with E-state index in [-0.39, 0.29) is 35.0 Å². The summed E-state index contributed by atoms with van der Waals surface area (Å²) in [7, 11) is 3.78. The molecule has 1 aromatic carbocycles. The number of alkyl halides is 3. The average Bonchev–Trinajstić information content (AvgIpc) is 2.80. The summed E-state index contributed by atoms with van der Waals surface area (Å²) in [5.41, 5.74) is -1.03. The van der Waals surface area contributed by atoms with Gasteiger partial charge in [-0.15, -0.1) is 0 Å². The van der Waals surface area contributed by atoms with E-state index in [0.717, 1.165) is 30.9 Å². The Morgan fingerprint density at radius 3 is 2.51 bits per heavy atom. The fraction of sp³-hybridized carbons (Fsp3) is 0.304. The number of carbonyl (C=O) groups is 1. The molecule has 2 heterocycles. The lowest BCUT2D eigenvalue weighted by atomic mass is 10.2. The Morgan fingerprint density at radius 2 is 1.83 bits per heavy atom. The molecule has 0 saturated heterocycles. The number of hydrogen-bond acceptors (Lipinski definition) is 6. The van der Waals surface area contributed by atoms with Gasteiger partial charge in [-0.2, -0.15) is 13.2 Å². The van der Waals surface area contributed by atoms with E-state index in [1.807, 2.05) is 19.0 Å². The molecular weight excluding hydrogens is 471 g/mol. The molecule has 0 aliphatic carbocycles. The third-order valence-electron chi connectivity index (χ3n) is 4.83. The first-order valence-corrected chi connectivity index (χ1v) is 10.6. The number of anilines is 1. The molecule has 0 saturated carbocycles. The predicted molar refractivity (Wildman–Crippen MR) is 119 cm³/mol. The van der Waals surface area contributed by atoms with Crippen LogP contribution in [0.15, 0.2) is 42.7 Å². The number of halogens is 5. The predicted octanol–water partition coefficient (Wildman–Crippen LogP) is 4.13. The largest absolute Gasteiger partial charge is 0.417 e. The highest BCUT2D eigenvalue weighted by atomic mass is 19.4. The molecule has 35 heavy (non-hydrogen) atoms. The number of hydrogen-bond donors (Lipinski definition) is 2. The van der Waals surface area contributed by atoms with Crippen molar-refractivity contribution < 1.29 is 26.7 Å². The maximum absolute atomic E-state index is 14.0. The summed E-state index contributed by atoms with van der Waals surface area (Å²) in [5.74, 6) is -2.18. The highest BCUT2D eigenvalue weighted by molar-refractivity contribution is 5.93. The van der Waals surface area contributed by atoms with Crippen molar-refractivity contribution in [1.82, 2.24) is 25.2 Å². The summed E-state index contributed by atoms with van der Waals surface area (Å²) >= 11 is 0. The van der Waals surface area contributed by atoms with Crippen LogP contribution in [0.3, 0.4) is 0 Å². The number of carbonyl (C=O) groups excluding carboxylic acids is 1. The first-order valence-electron chi connectivity index (χ1n) is 10.6. The number of aromatic nitrogens is 3. The monoisotopic (exact) mass is 494 g/mol. The van der Waals surface area contributed by atoms with Crippen molar-refractivity contribution in [3.63, 3.8) is 0 Å². The Kier molecular flexibility index (Phi) is 8.28. The number of amides is 1. The molecule has 186 valence electrons. The second-order valence-electron chi connectivity index (χ2n) is 7.92. The molecule has 7 nitrogen and oxygen atoms in total. The summed E-state index contributed by atoms with van der Waals surface area (Å²) in [5, 5.41) is 5.51. The Labute approximate surface area is 198 Å². The van der Waals surface area contributed by atoms with Crippen LogP contribution in [-0.4, -0.2) is 52.9 Å². The topological polar surface area (TPSA) is 83.0 Å². The number of pyridine rings is 1. The van der Waals surface area contributed by atoms with Gasteiger partial charge in [0.2, 0.25) is 0 Å². The van der Waals surface area contributed by atoms with E-state index >= 15 is 0 Å². The van der Waals surface area contributed by atoms with Gasteiger partial charge in [0.25, 0.3) is 5.91 Å². The van der Waals surface area contributed by atoms with Crippen LogP contribution in [0.4, 0.5) is 27.8 Å². The molecule has 2 aromatic heterocycles. The smallest absolute Gasteiger partial charge is 0.366 e. The molecule has 2 N–H and O–H groups in total. The lowest BCUT2D eigenvalue weighted by molar-refractivity contribution is -0.137. The van der Waals surface area contributed by atoms with E-state index in [4.69, 9.17) is 0 Å². The molecule has 0 bridgehead atoms. The van der Waals surface area contributed by atoms with Gasteiger partial charge in [0.1, 0.15) is 23.1 Å². The van der Waals surface area contributed by atoms with Crippen LogP contribution in [0.5, 0.6) is 0 Å². The van der Waals surface area contributed by atoms with Gasteiger partial charge in [0.15, 0.2) is 5.82 Å². The SMILES string of the molecule is CN(C)CCCNC(=O)c1cc(NCc2ccc(F)cc2F)nc(-c2cncc(C(F)(F)F)c2)n1. The molecule has 0 spiro atoms. The number of nitrogens with one attached hydrogen (secondary N) is 2. The van der Waals surface area contributed by atoms with Crippen LogP contribution in [0.25, 0.3) is 11.4 Å². The molecule has 1 amide bonds. The molecule has 12 heteroatoms. The molecule has 0 aliphatic heterocycles. The molecule has 0 radical (unpaired) electrons. The van der Waals surface area contributed by atoms with E-state index in [1.165, 1.54) is 12.1 Å².